The number of rotatable bonds is 3. The summed E-state index contributed by atoms with van der Waals surface area (Å²) in [5.41, 5.74) is 1.53. The van der Waals surface area contributed by atoms with Crippen molar-refractivity contribution in [2.75, 3.05) is 19.7 Å². The first kappa shape index (κ1) is 17.3. The average Bonchev–Trinajstić information content (AvgIpc) is 3.04. The van der Waals surface area contributed by atoms with Crippen LogP contribution in [0.15, 0.2) is 54.9 Å². The Balaban J connectivity index is 1.27. The van der Waals surface area contributed by atoms with Crippen LogP contribution in [0.5, 0.6) is 5.88 Å². The molecule has 1 amide bonds. The summed E-state index contributed by atoms with van der Waals surface area (Å²) in [5.74, 6) is 0.714. The second kappa shape index (κ2) is 6.63. The van der Waals surface area contributed by atoms with Crippen LogP contribution >= 0.6 is 0 Å². The molecule has 2 saturated heterocycles. The minimum atomic E-state index is -0.294. The fourth-order valence-electron chi connectivity index (χ4n) is 4.37. The molecule has 1 aromatic carbocycles. The zero-order valence-corrected chi connectivity index (χ0v) is 15.9. The van der Waals surface area contributed by atoms with E-state index in [4.69, 9.17) is 9.47 Å². The largest absolute Gasteiger partial charge is 0.474 e. The number of likely N-dealkylation sites (tertiary alicyclic amines) is 1. The highest BCUT2D eigenvalue weighted by molar-refractivity contribution is 6.07. The lowest BCUT2D eigenvalue weighted by Gasteiger charge is -2.52. The first-order chi connectivity index (χ1) is 13.6. The molecule has 28 heavy (non-hydrogen) atoms. The minimum Gasteiger partial charge on any atom is -0.474 e. The number of ether oxygens (including phenoxy) is 2. The van der Waals surface area contributed by atoms with Crippen LogP contribution in [0.1, 0.15) is 23.2 Å². The van der Waals surface area contributed by atoms with Crippen LogP contribution in [-0.4, -0.2) is 51.8 Å². The van der Waals surface area contributed by atoms with Crippen LogP contribution in [0.2, 0.25) is 0 Å². The van der Waals surface area contributed by atoms with E-state index in [2.05, 4.69) is 4.98 Å². The fourth-order valence-corrected chi connectivity index (χ4v) is 4.37. The van der Waals surface area contributed by atoms with E-state index in [1.54, 1.807) is 6.20 Å². The molecule has 0 saturated carbocycles. The van der Waals surface area contributed by atoms with Crippen molar-refractivity contribution >= 4 is 16.8 Å². The molecule has 0 aliphatic carbocycles. The van der Waals surface area contributed by atoms with Gasteiger partial charge in [-0.25, -0.2) is 4.98 Å². The number of aryl methyl sites for hydroxylation is 1. The number of carbonyl (C=O) groups excluding carboxylic acids is 1. The highest BCUT2D eigenvalue weighted by Gasteiger charge is 2.50. The van der Waals surface area contributed by atoms with Crippen molar-refractivity contribution in [1.29, 1.82) is 0 Å². The van der Waals surface area contributed by atoms with E-state index in [9.17, 15) is 4.79 Å². The maximum absolute atomic E-state index is 13.1. The number of nitrogens with zero attached hydrogens (tertiary/aromatic N) is 3. The first-order valence-electron chi connectivity index (χ1n) is 9.69. The SMILES string of the molecule is Cn1cc(C(=O)N2CC3(CC(Oc4ccccn4)CCO3)C2)c2ccccc21. The second-order valence-electron chi connectivity index (χ2n) is 7.76. The van der Waals surface area contributed by atoms with E-state index in [0.29, 0.717) is 25.6 Å². The van der Waals surface area contributed by atoms with Gasteiger partial charge in [0.15, 0.2) is 0 Å². The summed E-state index contributed by atoms with van der Waals surface area (Å²) in [6, 6.07) is 13.7. The number of fused-ring (bicyclic) bond motifs is 1. The molecule has 2 aliphatic rings. The fraction of sp³-hybridized carbons (Fsp3) is 0.364. The molecular formula is C22H23N3O3. The van der Waals surface area contributed by atoms with Crippen molar-refractivity contribution in [3.05, 3.63) is 60.4 Å². The molecule has 2 fully saturated rings. The van der Waals surface area contributed by atoms with Crippen LogP contribution in [-0.2, 0) is 11.8 Å². The normalized spacial score (nSPS) is 20.9. The van der Waals surface area contributed by atoms with Gasteiger partial charge in [0.2, 0.25) is 5.88 Å². The highest BCUT2D eigenvalue weighted by atomic mass is 16.5. The van der Waals surface area contributed by atoms with E-state index >= 15 is 0 Å². The first-order valence-corrected chi connectivity index (χ1v) is 9.69. The van der Waals surface area contributed by atoms with Crippen LogP contribution in [0, 0.1) is 0 Å². The number of hydrogen-bond acceptors (Lipinski definition) is 4. The molecule has 2 aromatic heterocycles. The molecule has 4 heterocycles. The van der Waals surface area contributed by atoms with Gasteiger partial charge >= 0.3 is 0 Å². The number of para-hydroxylation sites is 1. The third-order valence-electron chi connectivity index (χ3n) is 5.75. The lowest BCUT2D eigenvalue weighted by Crippen LogP contribution is -2.67. The van der Waals surface area contributed by atoms with Gasteiger partial charge in [0.1, 0.15) is 11.7 Å². The second-order valence-corrected chi connectivity index (χ2v) is 7.76. The average molecular weight is 377 g/mol. The van der Waals surface area contributed by atoms with Crippen LogP contribution in [0.25, 0.3) is 10.9 Å². The molecule has 0 N–H and O–H groups in total. The summed E-state index contributed by atoms with van der Waals surface area (Å²) < 4.78 is 14.1. The number of hydrogen-bond donors (Lipinski definition) is 0. The van der Waals surface area contributed by atoms with Crippen molar-refractivity contribution in [2.45, 2.75) is 24.5 Å². The minimum absolute atomic E-state index is 0.0680. The van der Waals surface area contributed by atoms with Gasteiger partial charge < -0.3 is 18.9 Å². The summed E-state index contributed by atoms with van der Waals surface area (Å²) in [7, 11) is 1.97. The van der Waals surface area contributed by atoms with Gasteiger partial charge in [-0.3, -0.25) is 4.79 Å². The van der Waals surface area contributed by atoms with Crippen LogP contribution in [0.4, 0.5) is 0 Å². The maximum atomic E-state index is 13.1. The molecule has 1 unspecified atom stereocenters. The van der Waals surface area contributed by atoms with E-state index in [1.165, 1.54) is 0 Å². The third kappa shape index (κ3) is 2.94. The zero-order valence-electron chi connectivity index (χ0n) is 15.9. The van der Waals surface area contributed by atoms with Crippen molar-refractivity contribution in [1.82, 2.24) is 14.5 Å². The van der Waals surface area contributed by atoms with Crippen molar-refractivity contribution in [2.24, 2.45) is 7.05 Å². The molecule has 0 bridgehead atoms. The molecule has 5 rings (SSSR count). The molecule has 2 aliphatic heterocycles. The Bertz CT molecular complexity index is 1010. The van der Waals surface area contributed by atoms with Gasteiger partial charge in [0, 0.05) is 49.3 Å². The third-order valence-corrected chi connectivity index (χ3v) is 5.75. The highest BCUT2D eigenvalue weighted by Crippen LogP contribution is 2.37. The standard InChI is InChI=1S/C22H23N3O3/c1-24-13-18(17-6-2-3-7-19(17)24)21(26)25-14-22(15-25)12-16(9-11-27-22)28-20-8-4-5-10-23-20/h2-8,10,13,16H,9,11-12,14-15H2,1H3. The Labute approximate surface area is 163 Å². The lowest BCUT2D eigenvalue weighted by molar-refractivity contribution is -0.174. The summed E-state index contributed by atoms with van der Waals surface area (Å²) in [6.07, 6.45) is 5.35. The van der Waals surface area contributed by atoms with E-state index in [1.807, 2.05) is 65.2 Å². The molecule has 1 spiro atoms. The topological polar surface area (TPSA) is 56.6 Å². The van der Waals surface area contributed by atoms with Crippen LogP contribution < -0.4 is 4.74 Å². The maximum Gasteiger partial charge on any atom is 0.256 e. The van der Waals surface area contributed by atoms with Gasteiger partial charge in [0.05, 0.1) is 25.3 Å². The molecule has 6 heteroatoms. The Morgan fingerprint density at radius 2 is 2.04 bits per heavy atom. The van der Waals surface area contributed by atoms with Gasteiger partial charge in [0.25, 0.3) is 5.91 Å². The number of aromatic nitrogens is 2. The Kier molecular flexibility index (Phi) is 4.09. The zero-order chi connectivity index (χ0) is 19.1. The molecule has 6 nitrogen and oxygen atoms in total. The van der Waals surface area contributed by atoms with Gasteiger partial charge in [-0.05, 0) is 12.1 Å². The number of carbonyl (C=O) groups is 1. The lowest BCUT2D eigenvalue weighted by atomic mass is 9.84. The predicted octanol–water partition coefficient (Wildman–Crippen LogP) is 3.03. The Morgan fingerprint density at radius 1 is 1.21 bits per heavy atom. The summed E-state index contributed by atoms with van der Waals surface area (Å²) in [5, 5.41) is 0.997. The van der Waals surface area contributed by atoms with Gasteiger partial charge in [-0.2, -0.15) is 0 Å². The molecule has 1 atom stereocenters. The molecule has 3 aromatic rings. The van der Waals surface area contributed by atoms with E-state index in [0.717, 1.165) is 29.3 Å². The van der Waals surface area contributed by atoms with Crippen LogP contribution in [0.3, 0.4) is 0 Å². The van der Waals surface area contributed by atoms with Crippen molar-refractivity contribution in [3.63, 3.8) is 0 Å². The van der Waals surface area contributed by atoms with Gasteiger partial charge in [-0.15, -0.1) is 0 Å². The van der Waals surface area contributed by atoms with E-state index < -0.39 is 0 Å². The van der Waals surface area contributed by atoms with Gasteiger partial charge in [-0.1, -0.05) is 24.3 Å². The number of pyridine rings is 1. The Morgan fingerprint density at radius 3 is 2.86 bits per heavy atom. The van der Waals surface area contributed by atoms with E-state index in [-0.39, 0.29) is 17.6 Å². The van der Waals surface area contributed by atoms with Crippen molar-refractivity contribution < 1.29 is 14.3 Å². The number of amides is 1. The summed E-state index contributed by atoms with van der Waals surface area (Å²) in [4.78, 5) is 19.2. The number of benzene rings is 1. The summed E-state index contributed by atoms with van der Waals surface area (Å²) in [6.45, 7) is 1.86. The monoisotopic (exact) mass is 377 g/mol. The molecule has 144 valence electrons. The smallest absolute Gasteiger partial charge is 0.256 e. The Hall–Kier alpha value is -2.86. The molecular weight excluding hydrogens is 354 g/mol. The molecule has 0 radical (unpaired) electrons. The summed E-state index contributed by atoms with van der Waals surface area (Å²) >= 11 is 0. The quantitative estimate of drug-likeness (QED) is 0.704. The predicted molar refractivity (Wildman–Crippen MR) is 105 cm³/mol. The van der Waals surface area contributed by atoms with Crippen molar-refractivity contribution in [3.8, 4) is 5.88 Å².